The van der Waals surface area contributed by atoms with E-state index in [-0.39, 0.29) is 0 Å². The van der Waals surface area contributed by atoms with Crippen molar-refractivity contribution < 1.29 is 19.4 Å². The smallest absolute Gasteiger partial charge is 0.344 e. The molecule has 1 aromatic carbocycles. The first-order valence-electron chi connectivity index (χ1n) is 6.33. The van der Waals surface area contributed by atoms with Crippen LogP contribution in [0.4, 0.5) is 0 Å². The average Bonchev–Trinajstić information content (AvgIpc) is 2.40. The summed E-state index contributed by atoms with van der Waals surface area (Å²) >= 11 is 0. The van der Waals surface area contributed by atoms with Crippen molar-refractivity contribution in [2.45, 2.75) is 32.4 Å². The molecule has 0 aliphatic carbocycles. The van der Waals surface area contributed by atoms with E-state index in [1.54, 1.807) is 13.2 Å². The number of carbonyl (C=O) groups is 1. The highest BCUT2D eigenvalue weighted by atomic mass is 16.5. The van der Waals surface area contributed by atoms with Gasteiger partial charge in [0.05, 0.1) is 7.11 Å². The molecule has 0 aromatic heterocycles. The fourth-order valence-corrected chi connectivity index (χ4v) is 1.76. The molecule has 0 fully saturated rings. The largest absolute Gasteiger partial charge is 0.497 e. The van der Waals surface area contributed by atoms with Gasteiger partial charge in [0.2, 0.25) is 0 Å². The molecule has 0 aliphatic heterocycles. The van der Waals surface area contributed by atoms with Crippen LogP contribution >= 0.6 is 0 Å². The van der Waals surface area contributed by atoms with E-state index < -0.39 is 12.1 Å². The Morgan fingerprint density at radius 2 is 2.21 bits per heavy atom. The number of hydrogen-bond donors (Lipinski definition) is 2. The van der Waals surface area contributed by atoms with Crippen LogP contribution in [-0.2, 0) is 11.3 Å². The van der Waals surface area contributed by atoms with Crippen LogP contribution in [0.2, 0.25) is 0 Å². The summed E-state index contributed by atoms with van der Waals surface area (Å²) in [6.07, 6.45) is 0.404. The molecule has 0 heterocycles. The second kappa shape index (κ2) is 7.63. The number of benzene rings is 1. The Hall–Kier alpha value is -1.75. The van der Waals surface area contributed by atoms with E-state index in [4.69, 9.17) is 14.6 Å². The standard InChI is InChI=1S/C14H21NO4/c1-4-5-12(14(16)17)19-13-8-11(18-3)7-6-10(13)9-15-2/h6-8,12,15H,4-5,9H2,1-3H3,(H,16,17). The quantitative estimate of drug-likeness (QED) is 0.754. The number of hydrogen-bond acceptors (Lipinski definition) is 4. The maximum Gasteiger partial charge on any atom is 0.344 e. The number of aliphatic carboxylic acids is 1. The van der Waals surface area contributed by atoms with Crippen molar-refractivity contribution in [2.75, 3.05) is 14.2 Å². The molecule has 0 saturated heterocycles. The second-order valence-corrected chi connectivity index (χ2v) is 4.24. The first-order chi connectivity index (χ1) is 9.12. The van der Waals surface area contributed by atoms with Crippen LogP contribution in [-0.4, -0.2) is 31.3 Å². The molecule has 0 aliphatic rings. The molecule has 0 bridgehead atoms. The minimum atomic E-state index is -0.944. The second-order valence-electron chi connectivity index (χ2n) is 4.24. The molecule has 0 radical (unpaired) electrons. The molecule has 19 heavy (non-hydrogen) atoms. The molecule has 1 unspecified atom stereocenters. The van der Waals surface area contributed by atoms with Gasteiger partial charge in [0.25, 0.3) is 0 Å². The fraction of sp³-hybridized carbons (Fsp3) is 0.500. The molecule has 5 nitrogen and oxygen atoms in total. The van der Waals surface area contributed by atoms with Crippen molar-refractivity contribution in [3.8, 4) is 11.5 Å². The first-order valence-corrected chi connectivity index (χ1v) is 6.33. The highest BCUT2D eigenvalue weighted by Gasteiger charge is 2.20. The summed E-state index contributed by atoms with van der Waals surface area (Å²) in [6, 6.07) is 5.42. The Balaban J connectivity index is 2.97. The number of rotatable bonds is 8. The molecular formula is C14H21NO4. The maximum absolute atomic E-state index is 11.1. The molecule has 1 aromatic rings. The van der Waals surface area contributed by atoms with Gasteiger partial charge in [-0.05, 0) is 19.5 Å². The minimum Gasteiger partial charge on any atom is -0.497 e. The number of carboxylic acid groups (broad SMARTS) is 1. The molecule has 0 saturated carbocycles. The Labute approximate surface area is 113 Å². The average molecular weight is 267 g/mol. The zero-order chi connectivity index (χ0) is 14.3. The van der Waals surface area contributed by atoms with Crippen LogP contribution in [0, 0.1) is 0 Å². The predicted molar refractivity (Wildman–Crippen MR) is 72.7 cm³/mol. The van der Waals surface area contributed by atoms with Gasteiger partial charge in [-0.1, -0.05) is 19.4 Å². The number of ether oxygens (including phenoxy) is 2. The van der Waals surface area contributed by atoms with Crippen LogP contribution in [0.15, 0.2) is 18.2 Å². The van der Waals surface area contributed by atoms with Gasteiger partial charge in [-0.3, -0.25) is 0 Å². The summed E-state index contributed by atoms with van der Waals surface area (Å²) in [6.45, 7) is 2.54. The van der Waals surface area contributed by atoms with Crippen LogP contribution < -0.4 is 14.8 Å². The SMILES string of the molecule is CCCC(Oc1cc(OC)ccc1CNC)C(=O)O. The van der Waals surface area contributed by atoms with Gasteiger partial charge in [-0.2, -0.15) is 0 Å². The van der Waals surface area contributed by atoms with E-state index in [0.717, 1.165) is 12.0 Å². The molecular weight excluding hydrogens is 246 g/mol. The number of nitrogens with one attached hydrogen (secondary N) is 1. The fourth-order valence-electron chi connectivity index (χ4n) is 1.76. The topological polar surface area (TPSA) is 67.8 Å². The van der Waals surface area contributed by atoms with E-state index in [0.29, 0.717) is 24.5 Å². The van der Waals surface area contributed by atoms with Crippen molar-refractivity contribution in [2.24, 2.45) is 0 Å². The van der Waals surface area contributed by atoms with Crippen molar-refractivity contribution in [3.63, 3.8) is 0 Å². The number of methoxy groups -OCH3 is 1. The van der Waals surface area contributed by atoms with Crippen LogP contribution in [0.3, 0.4) is 0 Å². The Kier molecular flexibility index (Phi) is 6.15. The monoisotopic (exact) mass is 267 g/mol. The van der Waals surface area contributed by atoms with E-state index in [1.807, 2.05) is 26.1 Å². The lowest BCUT2D eigenvalue weighted by Gasteiger charge is -2.18. The molecule has 5 heteroatoms. The third kappa shape index (κ3) is 4.44. The minimum absolute atomic E-state index is 0.478. The molecule has 0 amide bonds. The normalized spacial score (nSPS) is 11.9. The molecule has 1 atom stereocenters. The van der Waals surface area contributed by atoms with E-state index in [1.165, 1.54) is 0 Å². The van der Waals surface area contributed by atoms with Crippen molar-refractivity contribution >= 4 is 5.97 Å². The van der Waals surface area contributed by atoms with Crippen LogP contribution in [0.25, 0.3) is 0 Å². The van der Waals surface area contributed by atoms with Crippen LogP contribution in [0.1, 0.15) is 25.3 Å². The highest BCUT2D eigenvalue weighted by Crippen LogP contribution is 2.26. The van der Waals surface area contributed by atoms with Crippen molar-refractivity contribution in [1.29, 1.82) is 0 Å². The number of carboxylic acids is 1. The van der Waals surface area contributed by atoms with Crippen molar-refractivity contribution in [1.82, 2.24) is 5.32 Å². The van der Waals surface area contributed by atoms with E-state index >= 15 is 0 Å². The summed E-state index contributed by atoms with van der Waals surface area (Å²) in [7, 11) is 3.40. The van der Waals surface area contributed by atoms with E-state index in [2.05, 4.69) is 5.32 Å². The third-order valence-electron chi connectivity index (χ3n) is 2.74. The molecule has 0 spiro atoms. The lowest BCUT2D eigenvalue weighted by molar-refractivity contribution is -0.145. The first kappa shape index (κ1) is 15.3. The van der Waals surface area contributed by atoms with Crippen LogP contribution in [0.5, 0.6) is 11.5 Å². The summed E-state index contributed by atoms with van der Waals surface area (Å²) in [5.41, 5.74) is 0.908. The van der Waals surface area contributed by atoms with E-state index in [9.17, 15) is 4.79 Å². The van der Waals surface area contributed by atoms with Gasteiger partial charge >= 0.3 is 5.97 Å². The van der Waals surface area contributed by atoms with Crippen molar-refractivity contribution in [3.05, 3.63) is 23.8 Å². The lowest BCUT2D eigenvalue weighted by atomic mass is 10.1. The van der Waals surface area contributed by atoms with Gasteiger partial charge in [0.1, 0.15) is 11.5 Å². The van der Waals surface area contributed by atoms with Gasteiger partial charge in [0, 0.05) is 18.2 Å². The zero-order valence-corrected chi connectivity index (χ0v) is 11.6. The van der Waals surface area contributed by atoms with Gasteiger partial charge in [0.15, 0.2) is 6.10 Å². The highest BCUT2D eigenvalue weighted by molar-refractivity contribution is 5.72. The molecule has 1 rings (SSSR count). The molecule has 2 N–H and O–H groups in total. The lowest BCUT2D eigenvalue weighted by Crippen LogP contribution is -2.27. The Bertz CT molecular complexity index is 420. The van der Waals surface area contributed by atoms with Gasteiger partial charge < -0.3 is 19.9 Å². The molecule has 106 valence electrons. The summed E-state index contributed by atoms with van der Waals surface area (Å²) in [5.74, 6) is 0.255. The zero-order valence-electron chi connectivity index (χ0n) is 11.6. The Morgan fingerprint density at radius 1 is 1.47 bits per heavy atom. The summed E-state index contributed by atoms with van der Waals surface area (Å²) in [4.78, 5) is 11.1. The Morgan fingerprint density at radius 3 is 2.74 bits per heavy atom. The summed E-state index contributed by atoms with van der Waals surface area (Å²) in [5, 5.41) is 12.2. The maximum atomic E-state index is 11.1. The predicted octanol–water partition coefficient (Wildman–Crippen LogP) is 2.05. The third-order valence-corrected chi connectivity index (χ3v) is 2.74. The van der Waals surface area contributed by atoms with Gasteiger partial charge in [-0.15, -0.1) is 0 Å². The van der Waals surface area contributed by atoms with Gasteiger partial charge in [-0.25, -0.2) is 4.79 Å². The summed E-state index contributed by atoms with van der Waals surface area (Å²) < 4.78 is 10.8.